The van der Waals surface area contributed by atoms with Gasteiger partial charge in [0, 0.05) is 42.1 Å². The highest BCUT2D eigenvalue weighted by Crippen LogP contribution is 2.27. The summed E-state index contributed by atoms with van der Waals surface area (Å²) in [5, 5.41) is 3.43. The van der Waals surface area contributed by atoms with Crippen molar-refractivity contribution < 1.29 is 4.74 Å². The summed E-state index contributed by atoms with van der Waals surface area (Å²) in [6.07, 6.45) is 3.01. The topological polar surface area (TPSA) is 37.4 Å². The lowest BCUT2D eigenvalue weighted by Gasteiger charge is -2.19. The highest BCUT2D eigenvalue weighted by atomic mass is 79.9. The predicted molar refractivity (Wildman–Crippen MR) is 93.7 cm³/mol. The minimum atomic E-state index is 0.636. The summed E-state index contributed by atoms with van der Waals surface area (Å²) >= 11 is 3.40. The van der Waals surface area contributed by atoms with E-state index in [4.69, 9.17) is 4.74 Å². The zero-order valence-electron chi connectivity index (χ0n) is 12.6. The second-order valence-electron chi connectivity index (χ2n) is 5.54. The zero-order valence-corrected chi connectivity index (χ0v) is 14.2. The van der Waals surface area contributed by atoms with Crippen LogP contribution in [-0.2, 0) is 0 Å². The second kappa shape index (κ2) is 7.01. The predicted octanol–water partition coefficient (Wildman–Crippen LogP) is 3.79. The first-order valence-corrected chi connectivity index (χ1v) is 8.28. The smallest absolute Gasteiger partial charge is 0.125 e. The Labute approximate surface area is 139 Å². The summed E-state index contributed by atoms with van der Waals surface area (Å²) in [4.78, 5) is 6.77. The molecular weight excluding hydrogens is 342 g/mol. The van der Waals surface area contributed by atoms with E-state index >= 15 is 0 Å². The summed E-state index contributed by atoms with van der Waals surface area (Å²) in [5.74, 6) is 2.48. The van der Waals surface area contributed by atoms with Gasteiger partial charge in [-0.1, -0.05) is 6.07 Å². The molecule has 1 N–H and O–H groups in total. The van der Waals surface area contributed by atoms with E-state index in [1.54, 1.807) is 7.11 Å². The van der Waals surface area contributed by atoms with Crippen LogP contribution in [0.4, 0.5) is 11.5 Å². The van der Waals surface area contributed by atoms with E-state index in [-0.39, 0.29) is 0 Å². The molecule has 0 bridgehead atoms. The van der Waals surface area contributed by atoms with Crippen molar-refractivity contribution in [3.05, 3.63) is 47.1 Å². The number of nitrogens with zero attached hydrogens (tertiary/aromatic N) is 2. The fraction of sp³-hybridized carbons (Fsp3) is 0.353. The molecule has 5 heteroatoms. The van der Waals surface area contributed by atoms with Crippen LogP contribution in [0.5, 0.6) is 5.75 Å². The minimum absolute atomic E-state index is 0.636. The van der Waals surface area contributed by atoms with Crippen molar-refractivity contribution in [1.82, 2.24) is 4.98 Å². The number of halogens is 1. The Kier molecular flexibility index (Phi) is 4.83. The molecule has 1 saturated heterocycles. The van der Waals surface area contributed by atoms with Crippen LogP contribution in [0.3, 0.4) is 0 Å². The number of ether oxygens (including phenoxy) is 1. The number of pyridine rings is 1. The summed E-state index contributed by atoms with van der Waals surface area (Å²) in [5.41, 5.74) is 1.24. The first-order chi connectivity index (χ1) is 10.7. The Morgan fingerprint density at radius 3 is 3.05 bits per heavy atom. The van der Waals surface area contributed by atoms with Gasteiger partial charge in [-0.3, -0.25) is 0 Å². The normalized spacial score (nSPS) is 17.5. The standard InChI is InChI=1S/C17H20BrN3O/c1-22-16-4-2-3-15(9-16)21-8-7-13(12-21)10-19-17-6-5-14(18)11-20-17/h2-6,9,11,13H,7-8,10,12H2,1H3,(H,19,20). The number of aromatic nitrogens is 1. The molecule has 22 heavy (non-hydrogen) atoms. The summed E-state index contributed by atoms with van der Waals surface area (Å²) in [6, 6.07) is 12.3. The van der Waals surface area contributed by atoms with E-state index < -0.39 is 0 Å². The van der Waals surface area contributed by atoms with Crippen LogP contribution in [-0.4, -0.2) is 31.7 Å². The van der Waals surface area contributed by atoms with Gasteiger partial charge in [0.2, 0.25) is 0 Å². The second-order valence-corrected chi connectivity index (χ2v) is 6.46. The molecular formula is C17H20BrN3O. The molecule has 1 aliphatic heterocycles. The highest BCUT2D eigenvalue weighted by molar-refractivity contribution is 9.10. The van der Waals surface area contributed by atoms with E-state index in [9.17, 15) is 0 Å². The molecule has 1 aromatic carbocycles. The van der Waals surface area contributed by atoms with Crippen LogP contribution >= 0.6 is 15.9 Å². The van der Waals surface area contributed by atoms with Crippen molar-refractivity contribution >= 4 is 27.4 Å². The van der Waals surface area contributed by atoms with Crippen molar-refractivity contribution in [3.63, 3.8) is 0 Å². The SMILES string of the molecule is COc1cccc(N2CCC(CNc3ccc(Br)cn3)C2)c1. The van der Waals surface area contributed by atoms with Gasteiger partial charge < -0.3 is 15.0 Å². The number of hydrogen-bond donors (Lipinski definition) is 1. The molecule has 116 valence electrons. The number of benzene rings is 1. The van der Waals surface area contributed by atoms with Crippen LogP contribution in [0, 0.1) is 5.92 Å². The maximum atomic E-state index is 5.31. The van der Waals surface area contributed by atoms with Crippen molar-refractivity contribution in [2.45, 2.75) is 6.42 Å². The largest absolute Gasteiger partial charge is 0.497 e. The van der Waals surface area contributed by atoms with Crippen LogP contribution in [0.1, 0.15) is 6.42 Å². The third-order valence-electron chi connectivity index (χ3n) is 4.00. The lowest BCUT2D eigenvalue weighted by molar-refractivity contribution is 0.415. The van der Waals surface area contributed by atoms with E-state index in [0.717, 1.165) is 35.7 Å². The molecule has 1 atom stereocenters. The first kappa shape index (κ1) is 15.2. The number of anilines is 2. The van der Waals surface area contributed by atoms with Gasteiger partial charge in [-0.15, -0.1) is 0 Å². The molecule has 2 heterocycles. The van der Waals surface area contributed by atoms with Crippen LogP contribution < -0.4 is 15.0 Å². The van der Waals surface area contributed by atoms with Gasteiger partial charge in [0.15, 0.2) is 0 Å². The molecule has 0 spiro atoms. The number of methoxy groups -OCH3 is 1. The Morgan fingerprint density at radius 2 is 2.27 bits per heavy atom. The van der Waals surface area contributed by atoms with E-state index in [0.29, 0.717) is 5.92 Å². The molecule has 3 rings (SSSR count). The summed E-state index contributed by atoms with van der Waals surface area (Å²) < 4.78 is 6.31. The molecule has 0 aliphatic carbocycles. The van der Waals surface area contributed by atoms with Crippen molar-refractivity contribution in [2.24, 2.45) is 5.92 Å². The Balaban J connectivity index is 1.54. The minimum Gasteiger partial charge on any atom is -0.497 e. The quantitative estimate of drug-likeness (QED) is 0.878. The third-order valence-corrected chi connectivity index (χ3v) is 4.47. The lowest BCUT2D eigenvalue weighted by atomic mass is 10.1. The molecule has 0 radical (unpaired) electrons. The molecule has 1 aliphatic rings. The van der Waals surface area contributed by atoms with E-state index in [2.05, 4.69) is 43.3 Å². The number of rotatable bonds is 5. The molecule has 1 aromatic heterocycles. The monoisotopic (exact) mass is 361 g/mol. The summed E-state index contributed by atoms with van der Waals surface area (Å²) in [6.45, 7) is 3.11. The van der Waals surface area contributed by atoms with Gasteiger partial charge in [-0.05, 0) is 52.5 Å². The zero-order chi connectivity index (χ0) is 15.4. The van der Waals surface area contributed by atoms with Gasteiger partial charge >= 0.3 is 0 Å². The molecule has 4 nitrogen and oxygen atoms in total. The number of hydrogen-bond acceptors (Lipinski definition) is 4. The fourth-order valence-corrected chi connectivity index (χ4v) is 3.00. The molecule has 1 fully saturated rings. The van der Waals surface area contributed by atoms with Crippen LogP contribution in [0.15, 0.2) is 47.1 Å². The van der Waals surface area contributed by atoms with Crippen LogP contribution in [0.25, 0.3) is 0 Å². The fourth-order valence-electron chi connectivity index (χ4n) is 2.77. The molecule has 0 saturated carbocycles. The maximum Gasteiger partial charge on any atom is 0.125 e. The molecule has 1 unspecified atom stereocenters. The van der Waals surface area contributed by atoms with E-state index in [1.807, 2.05) is 30.5 Å². The van der Waals surface area contributed by atoms with Gasteiger partial charge in [-0.25, -0.2) is 4.98 Å². The van der Waals surface area contributed by atoms with Crippen LogP contribution in [0.2, 0.25) is 0 Å². The average molecular weight is 362 g/mol. The highest BCUT2D eigenvalue weighted by Gasteiger charge is 2.22. The summed E-state index contributed by atoms with van der Waals surface area (Å²) in [7, 11) is 1.71. The molecule has 2 aromatic rings. The molecule has 0 amide bonds. The van der Waals surface area contributed by atoms with Gasteiger partial charge in [0.05, 0.1) is 7.11 Å². The van der Waals surface area contributed by atoms with Gasteiger partial charge in [0.25, 0.3) is 0 Å². The Morgan fingerprint density at radius 1 is 1.36 bits per heavy atom. The Hall–Kier alpha value is -1.75. The number of nitrogens with one attached hydrogen (secondary N) is 1. The lowest BCUT2D eigenvalue weighted by Crippen LogP contribution is -2.22. The van der Waals surface area contributed by atoms with Gasteiger partial charge in [0.1, 0.15) is 11.6 Å². The Bertz CT molecular complexity index is 618. The van der Waals surface area contributed by atoms with Crippen molar-refractivity contribution in [1.29, 1.82) is 0 Å². The first-order valence-electron chi connectivity index (χ1n) is 7.49. The van der Waals surface area contributed by atoms with Crippen molar-refractivity contribution in [3.8, 4) is 5.75 Å². The maximum absolute atomic E-state index is 5.31. The third kappa shape index (κ3) is 3.71. The van der Waals surface area contributed by atoms with Gasteiger partial charge in [-0.2, -0.15) is 0 Å². The average Bonchev–Trinajstić information content (AvgIpc) is 3.03. The van der Waals surface area contributed by atoms with E-state index in [1.165, 1.54) is 12.1 Å². The van der Waals surface area contributed by atoms with Crippen molar-refractivity contribution in [2.75, 3.05) is 37.0 Å².